The molecular weight excluding hydrogens is 330 g/mol. The molecular formula is C14H14F2N2O4S. The average Bonchev–Trinajstić information content (AvgIpc) is 2.78. The first-order valence-electron chi connectivity index (χ1n) is 7.01. The molecule has 2 aromatic rings. The maximum absolute atomic E-state index is 12.7. The maximum Gasteiger partial charge on any atom is 0.332 e. The van der Waals surface area contributed by atoms with Gasteiger partial charge in [-0.1, -0.05) is 0 Å². The van der Waals surface area contributed by atoms with Crippen LogP contribution in [-0.4, -0.2) is 35.1 Å². The molecule has 1 aliphatic rings. The Hall–Kier alpha value is -1.87. The fourth-order valence-corrected chi connectivity index (χ4v) is 3.75. The Bertz CT molecular complexity index is 880. The van der Waals surface area contributed by atoms with Gasteiger partial charge in [0.1, 0.15) is 4.83 Å². The van der Waals surface area contributed by atoms with E-state index in [4.69, 9.17) is 4.74 Å². The summed E-state index contributed by atoms with van der Waals surface area (Å²) in [5.41, 5.74) is -1.12. The van der Waals surface area contributed by atoms with Gasteiger partial charge < -0.3 is 4.74 Å². The van der Waals surface area contributed by atoms with E-state index in [1.54, 1.807) is 6.92 Å². The lowest BCUT2D eigenvalue weighted by Crippen LogP contribution is -2.44. The summed E-state index contributed by atoms with van der Waals surface area (Å²) in [5.74, 6) is 0.0930. The van der Waals surface area contributed by atoms with E-state index >= 15 is 0 Å². The lowest BCUT2D eigenvalue weighted by molar-refractivity contribution is -0.0395. The zero-order chi connectivity index (χ0) is 16.7. The van der Waals surface area contributed by atoms with Crippen molar-refractivity contribution in [1.29, 1.82) is 0 Å². The molecule has 0 radical (unpaired) electrons. The monoisotopic (exact) mass is 344 g/mol. The lowest BCUT2D eigenvalue weighted by Gasteiger charge is -2.26. The van der Waals surface area contributed by atoms with Crippen LogP contribution in [-0.2, 0) is 17.8 Å². The summed E-state index contributed by atoms with van der Waals surface area (Å²) < 4.78 is 32.4. The van der Waals surface area contributed by atoms with Gasteiger partial charge >= 0.3 is 5.69 Å². The minimum atomic E-state index is -2.82. The van der Waals surface area contributed by atoms with E-state index < -0.39 is 24.2 Å². The molecule has 0 N–H and O–H groups in total. The Morgan fingerprint density at radius 1 is 1.35 bits per heavy atom. The number of rotatable bonds is 5. The van der Waals surface area contributed by atoms with Crippen LogP contribution in [0.4, 0.5) is 8.78 Å². The van der Waals surface area contributed by atoms with Crippen molar-refractivity contribution >= 4 is 27.8 Å². The summed E-state index contributed by atoms with van der Waals surface area (Å²) in [7, 11) is 0. The molecule has 23 heavy (non-hydrogen) atoms. The normalized spacial score (nSPS) is 15.3. The minimum Gasteiger partial charge on any atom is -0.381 e. The molecule has 3 heterocycles. The largest absolute Gasteiger partial charge is 0.381 e. The molecule has 6 nitrogen and oxygen atoms in total. The van der Waals surface area contributed by atoms with Crippen LogP contribution in [0.25, 0.3) is 10.2 Å². The van der Waals surface area contributed by atoms with Gasteiger partial charge in [0, 0.05) is 12.5 Å². The second kappa shape index (κ2) is 5.97. The fourth-order valence-electron chi connectivity index (χ4n) is 2.63. The molecule has 3 rings (SSSR count). The summed E-state index contributed by atoms with van der Waals surface area (Å²) in [6.45, 7) is 1.86. The highest BCUT2D eigenvalue weighted by atomic mass is 32.1. The quantitative estimate of drug-likeness (QED) is 0.766. The van der Waals surface area contributed by atoms with Crippen molar-refractivity contribution in [2.24, 2.45) is 5.92 Å². The van der Waals surface area contributed by atoms with Crippen molar-refractivity contribution in [2.75, 3.05) is 13.2 Å². The van der Waals surface area contributed by atoms with Gasteiger partial charge in [0.15, 0.2) is 6.29 Å². The molecule has 1 aliphatic heterocycles. The minimum absolute atomic E-state index is 0.0930. The Labute approximate surface area is 132 Å². The topological polar surface area (TPSA) is 70.3 Å². The standard InChI is InChI=1S/C14H14F2N2O4S/c1-7-9(4-19)23-13-11(7)12(20)17(3-10(15)16)14(21)18(13)2-8-5-22-6-8/h4,8,10H,2-3,5-6H2,1H3. The third-order valence-corrected chi connectivity index (χ3v) is 5.15. The predicted molar refractivity (Wildman–Crippen MR) is 80.8 cm³/mol. The Balaban J connectivity index is 2.31. The van der Waals surface area contributed by atoms with Crippen molar-refractivity contribution in [3.8, 4) is 0 Å². The van der Waals surface area contributed by atoms with Crippen molar-refractivity contribution < 1.29 is 18.3 Å². The molecule has 9 heteroatoms. The van der Waals surface area contributed by atoms with Crippen LogP contribution >= 0.6 is 11.3 Å². The predicted octanol–water partition coefficient (Wildman–Crippen LogP) is 1.26. The molecule has 0 aromatic carbocycles. The molecule has 0 amide bonds. The van der Waals surface area contributed by atoms with Crippen molar-refractivity contribution in [2.45, 2.75) is 26.4 Å². The van der Waals surface area contributed by atoms with Gasteiger partial charge in [-0.05, 0) is 12.5 Å². The first-order chi connectivity index (χ1) is 10.9. The van der Waals surface area contributed by atoms with Gasteiger partial charge in [0.05, 0.1) is 30.0 Å². The zero-order valence-corrected chi connectivity index (χ0v) is 13.1. The Morgan fingerprint density at radius 3 is 2.57 bits per heavy atom. The van der Waals surface area contributed by atoms with Gasteiger partial charge in [-0.2, -0.15) is 0 Å². The van der Waals surface area contributed by atoms with Crippen LogP contribution in [0.5, 0.6) is 0 Å². The van der Waals surface area contributed by atoms with Crippen LogP contribution in [0.1, 0.15) is 15.2 Å². The number of aromatic nitrogens is 2. The molecule has 2 aromatic heterocycles. The fraction of sp³-hybridized carbons (Fsp3) is 0.500. The number of hydrogen-bond acceptors (Lipinski definition) is 5. The van der Waals surface area contributed by atoms with Crippen LogP contribution in [0.2, 0.25) is 0 Å². The molecule has 1 fully saturated rings. The molecule has 124 valence electrons. The number of alkyl halides is 2. The molecule has 0 spiro atoms. The number of thiophene rings is 1. The molecule has 0 atom stereocenters. The number of hydrogen-bond donors (Lipinski definition) is 0. The van der Waals surface area contributed by atoms with E-state index in [1.807, 2.05) is 0 Å². The third kappa shape index (κ3) is 2.63. The van der Waals surface area contributed by atoms with Gasteiger partial charge in [-0.25, -0.2) is 13.6 Å². The SMILES string of the molecule is Cc1c(C=O)sc2c1c(=O)n(CC(F)F)c(=O)n2CC1COC1. The maximum atomic E-state index is 12.7. The summed E-state index contributed by atoms with van der Waals surface area (Å²) in [5, 5.41) is 0.164. The second-order valence-electron chi connectivity index (χ2n) is 5.49. The summed E-state index contributed by atoms with van der Waals surface area (Å²) in [6, 6.07) is 0. The van der Waals surface area contributed by atoms with Crippen LogP contribution in [0, 0.1) is 12.8 Å². The van der Waals surface area contributed by atoms with E-state index in [1.165, 1.54) is 4.57 Å². The number of carbonyl (C=O) groups is 1. The van der Waals surface area contributed by atoms with Gasteiger partial charge in [0.2, 0.25) is 0 Å². The number of carbonyl (C=O) groups excluding carboxylic acids is 1. The zero-order valence-electron chi connectivity index (χ0n) is 12.3. The van der Waals surface area contributed by atoms with Gasteiger partial charge in [-0.15, -0.1) is 11.3 Å². The average molecular weight is 344 g/mol. The summed E-state index contributed by atoms with van der Waals surface area (Å²) in [6.07, 6.45) is -2.21. The number of nitrogens with zero attached hydrogens (tertiary/aromatic N) is 2. The molecule has 0 aliphatic carbocycles. The van der Waals surface area contributed by atoms with E-state index in [-0.39, 0.29) is 17.8 Å². The van der Waals surface area contributed by atoms with Crippen LogP contribution in [0.3, 0.4) is 0 Å². The van der Waals surface area contributed by atoms with Crippen LogP contribution in [0.15, 0.2) is 9.59 Å². The van der Waals surface area contributed by atoms with Crippen molar-refractivity contribution in [3.63, 3.8) is 0 Å². The first kappa shape index (κ1) is 16.0. The van der Waals surface area contributed by atoms with Gasteiger partial charge in [0.25, 0.3) is 12.0 Å². The highest BCUT2D eigenvalue weighted by molar-refractivity contribution is 7.20. The van der Waals surface area contributed by atoms with E-state index in [0.29, 0.717) is 39.3 Å². The summed E-state index contributed by atoms with van der Waals surface area (Å²) >= 11 is 1.04. The number of halogens is 2. The number of aldehydes is 1. The first-order valence-corrected chi connectivity index (χ1v) is 7.83. The van der Waals surface area contributed by atoms with Crippen molar-refractivity contribution in [3.05, 3.63) is 31.3 Å². The Kier molecular flexibility index (Phi) is 4.15. The molecule has 0 saturated carbocycles. The number of fused-ring (bicyclic) bond motifs is 1. The van der Waals surface area contributed by atoms with E-state index in [9.17, 15) is 23.2 Å². The number of aryl methyl sites for hydroxylation is 1. The highest BCUT2D eigenvalue weighted by Crippen LogP contribution is 2.27. The molecule has 0 bridgehead atoms. The summed E-state index contributed by atoms with van der Waals surface area (Å²) in [4.78, 5) is 36.7. The molecule has 1 saturated heterocycles. The lowest BCUT2D eigenvalue weighted by atomic mass is 10.1. The van der Waals surface area contributed by atoms with Gasteiger partial charge in [-0.3, -0.25) is 18.7 Å². The van der Waals surface area contributed by atoms with Crippen LogP contribution < -0.4 is 11.2 Å². The smallest absolute Gasteiger partial charge is 0.332 e. The van der Waals surface area contributed by atoms with E-state index in [2.05, 4.69) is 0 Å². The molecule has 0 unspecified atom stereocenters. The number of ether oxygens (including phenoxy) is 1. The Morgan fingerprint density at radius 2 is 2.04 bits per heavy atom. The second-order valence-corrected chi connectivity index (χ2v) is 6.52. The van der Waals surface area contributed by atoms with E-state index in [0.717, 1.165) is 11.3 Å². The highest BCUT2D eigenvalue weighted by Gasteiger charge is 2.25. The van der Waals surface area contributed by atoms with Crippen molar-refractivity contribution in [1.82, 2.24) is 9.13 Å². The third-order valence-electron chi connectivity index (χ3n) is 3.91.